The highest BCUT2D eigenvalue weighted by Gasteiger charge is 2.54. The van der Waals surface area contributed by atoms with Gasteiger partial charge in [0, 0.05) is 6.42 Å². The minimum Gasteiger partial charge on any atom is -0.497 e. The molecule has 0 bridgehead atoms. The highest BCUT2D eigenvalue weighted by atomic mass is 19.4. The normalized spacial score (nSPS) is 25.0. The predicted molar refractivity (Wildman–Crippen MR) is 82.8 cm³/mol. The van der Waals surface area contributed by atoms with Crippen LogP contribution in [-0.2, 0) is 15.1 Å². The van der Waals surface area contributed by atoms with E-state index in [1.807, 2.05) is 0 Å². The van der Waals surface area contributed by atoms with Gasteiger partial charge in [0.2, 0.25) is 11.8 Å². The maximum Gasteiger partial charge on any atom is 0.394 e. The number of carbonyl (C=O) groups is 2. The van der Waals surface area contributed by atoms with Crippen LogP contribution < -0.4 is 15.4 Å². The van der Waals surface area contributed by atoms with E-state index in [0.29, 0.717) is 18.6 Å². The third-order valence-corrected chi connectivity index (χ3v) is 5.04. The molecule has 2 unspecified atom stereocenters. The largest absolute Gasteiger partial charge is 0.497 e. The highest BCUT2D eigenvalue weighted by molar-refractivity contribution is 5.92. The van der Waals surface area contributed by atoms with Crippen molar-refractivity contribution < 1.29 is 27.5 Å². The van der Waals surface area contributed by atoms with Gasteiger partial charge in [-0.05, 0) is 37.0 Å². The Hall–Kier alpha value is -2.25. The molecule has 1 aliphatic carbocycles. The van der Waals surface area contributed by atoms with Crippen molar-refractivity contribution in [3.05, 3.63) is 29.8 Å². The molecule has 1 saturated carbocycles. The van der Waals surface area contributed by atoms with Crippen molar-refractivity contribution in [2.75, 3.05) is 7.11 Å². The maximum atomic E-state index is 13.1. The van der Waals surface area contributed by atoms with Gasteiger partial charge in [-0.25, -0.2) is 0 Å². The molecule has 3 rings (SSSR count). The molecule has 2 fully saturated rings. The zero-order valence-electron chi connectivity index (χ0n) is 13.7. The van der Waals surface area contributed by atoms with E-state index in [-0.39, 0.29) is 0 Å². The second kappa shape index (κ2) is 6.24. The van der Waals surface area contributed by atoms with Crippen molar-refractivity contribution in [1.82, 2.24) is 10.6 Å². The zero-order chi connectivity index (χ0) is 18.2. The van der Waals surface area contributed by atoms with Gasteiger partial charge in [0.25, 0.3) is 0 Å². The fourth-order valence-electron chi connectivity index (χ4n) is 3.44. The lowest BCUT2D eigenvalue weighted by atomic mass is 9.71. The van der Waals surface area contributed by atoms with Gasteiger partial charge in [0.05, 0.1) is 18.6 Å². The van der Waals surface area contributed by atoms with E-state index in [1.165, 1.54) is 7.11 Å². The van der Waals surface area contributed by atoms with Crippen molar-refractivity contribution in [3.8, 4) is 5.75 Å². The number of hydrogen-bond donors (Lipinski definition) is 2. The number of carbonyl (C=O) groups excluding carboxylic acids is 2. The van der Waals surface area contributed by atoms with Crippen LogP contribution in [0, 0.1) is 5.92 Å². The van der Waals surface area contributed by atoms with Gasteiger partial charge < -0.3 is 15.4 Å². The van der Waals surface area contributed by atoms with Crippen LogP contribution in [0.5, 0.6) is 5.75 Å². The summed E-state index contributed by atoms with van der Waals surface area (Å²) in [4.78, 5) is 23.9. The molecule has 136 valence electrons. The molecule has 25 heavy (non-hydrogen) atoms. The summed E-state index contributed by atoms with van der Waals surface area (Å²) < 4.78 is 44.4. The fraction of sp³-hybridized carbons (Fsp3) is 0.529. The van der Waals surface area contributed by atoms with Gasteiger partial charge in [0.1, 0.15) is 11.8 Å². The van der Waals surface area contributed by atoms with Crippen molar-refractivity contribution in [2.24, 2.45) is 5.92 Å². The molecule has 0 radical (unpaired) electrons. The van der Waals surface area contributed by atoms with Crippen LogP contribution in [0.25, 0.3) is 0 Å². The van der Waals surface area contributed by atoms with Crippen LogP contribution in [0.3, 0.4) is 0 Å². The van der Waals surface area contributed by atoms with Crippen LogP contribution in [0.15, 0.2) is 24.3 Å². The second-order valence-corrected chi connectivity index (χ2v) is 6.55. The summed E-state index contributed by atoms with van der Waals surface area (Å²) in [5.41, 5.74) is 0.132. The summed E-state index contributed by atoms with van der Waals surface area (Å²) in [5, 5.41) is 4.91. The number of amides is 2. The van der Waals surface area contributed by atoms with Crippen molar-refractivity contribution in [1.29, 1.82) is 0 Å². The van der Waals surface area contributed by atoms with Gasteiger partial charge in [-0.1, -0.05) is 12.1 Å². The highest BCUT2D eigenvalue weighted by Crippen LogP contribution is 2.42. The topological polar surface area (TPSA) is 67.4 Å². The molecule has 2 atom stereocenters. The first kappa shape index (κ1) is 17.6. The lowest BCUT2D eigenvalue weighted by molar-refractivity contribution is -0.180. The summed E-state index contributed by atoms with van der Waals surface area (Å²) in [5.74, 6) is -2.88. The molecule has 1 saturated heterocycles. The van der Waals surface area contributed by atoms with E-state index in [0.717, 1.165) is 12.0 Å². The number of methoxy groups -OCH3 is 1. The maximum absolute atomic E-state index is 13.1. The van der Waals surface area contributed by atoms with E-state index < -0.39 is 41.9 Å². The third-order valence-electron chi connectivity index (χ3n) is 5.04. The standard InChI is InChI=1S/C17H19F3N2O3/c1-25-11-5-3-10(4-6-11)16(7-2-8-16)22-15(24)14-12(17(18,19)20)9-13(23)21-14/h3-6,12,14H,2,7-9H2,1H3,(H,21,23)(H,22,24). The predicted octanol–water partition coefficient (Wildman–Crippen LogP) is 2.26. The van der Waals surface area contributed by atoms with Crippen molar-refractivity contribution >= 4 is 11.8 Å². The van der Waals surface area contributed by atoms with Gasteiger partial charge in [-0.15, -0.1) is 0 Å². The summed E-state index contributed by atoms with van der Waals surface area (Å²) in [6.45, 7) is 0. The average molecular weight is 356 g/mol. The van der Waals surface area contributed by atoms with E-state index in [1.54, 1.807) is 24.3 Å². The van der Waals surface area contributed by atoms with Crippen molar-refractivity contribution in [3.63, 3.8) is 0 Å². The number of alkyl halides is 3. The van der Waals surface area contributed by atoms with Crippen LogP contribution in [0.4, 0.5) is 13.2 Å². The Morgan fingerprint density at radius 1 is 1.28 bits per heavy atom. The molecular formula is C17H19F3N2O3. The van der Waals surface area contributed by atoms with Gasteiger partial charge >= 0.3 is 6.18 Å². The van der Waals surface area contributed by atoms with E-state index in [4.69, 9.17) is 4.74 Å². The summed E-state index contributed by atoms with van der Waals surface area (Å²) in [6.07, 6.45) is -3.16. The number of hydrogen-bond acceptors (Lipinski definition) is 3. The van der Waals surface area contributed by atoms with Crippen LogP contribution in [-0.4, -0.2) is 31.1 Å². The fourth-order valence-corrected chi connectivity index (χ4v) is 3.44. The smallest absolute Gasteiger partial charge is 0.394 e. The Morgan fingerprint density at radius 2 is 1.92 bits per heavy atom. The zero-order valence-corrected chi connectivity index (χ0v) is 13.7. The monoisotopic (exact) mass is 356 g/mol. The molecule has 8 heteroatoms. The van der Waals surface area contributed by atoms with Crippen LogP contribution in [0.1, 0.15) is 31.2 Å². The molecule has 1 aromatic carbocycles. The number of ether oxygens (including phenoxy) is 1. The average Bonchev–Trinajstić information content (AvgIpc) is 2.93. The van der Waals surface area contributed by atoms with Gasteiger partial charge in [-0.2, -0.15) is 13.2 Å². The Labute approximate surface area is 142 Å². The number of rotatable bonds is 4. The van der Waals surface area contributed by atoms with Crippen LogP contribution in [0.2, 0.25) is 0 Å². The lowest BCUT2D eigenvalue weighted by Crippen LogP contribution is -2.57. The van der Waals surface area contributed by atoms with E-state index >= 15 is 0 Å². The SMILES string of the molecule is COc1ccc(C2(NC(=O)C3NC(=O)CC3C(F)(F)F)CCC2)cc1. The van der Waals surface area contributed by atoms with Crippen LogP contribution >= 0.6 is 0 Å². The first-order chi connectivity index (χ1) is 11.7. The minimum absolute atomic E-state index is 0.641. The molecular weight excluding hydrogens is 337 g/mol. The number of halogens is 3. The quantitative estimate of drug-likeness (QED) is 0.870. The lowest BCUT2D eigenvalue weighted by Gasteiger charge is -2.44. The number of benzene rings is 1. The molecule has 2 N–H and O–H groups in total. The van der Waals surface area contributed by atoms with Crippen molar-refractivity contribution in [2.45, 2.75) is 43.4 Å². The number of nitrogens with one attached hydrogen (secondary N) is 2. The minimum atomic E-state index is -4.60. The second-order valence-electron chi connectivity index (χ2n) is 6.55. The Kier molecular flexibility index (Phi) is 4.38. The van der Waals surface area contributed by atoms with Gasteiger partial charge in [-0.3, -0.25) is 9.59 Å². The molecule has 1 heterocycles. The molecule has 2 amide bonds. The first-order valence-corrected chi connectivity index (χ1v) is 8.08. The molecule has 5 nitrogen and oxygen atoms in total. The molecule has 1 aromatic rings. The Balaban J connectivity index is 1.79. The molecule has 0 aromatic heterocycles. The van der Waals surface area contributed by atoms with Gasteiger partial charge in [0.15, 0.2) is 0 Å². The van der Waals surface area contributed by atoms with E-state index in [2.05, 4.69) is 10.6 Å². The Bertz CT molecular complexity index is 669. The van der Waals surface area contributed by atoms with E-state index in [9.17, 15) is 22.8 Å². The molecule has 2 aliphatic rings. The first-order valence-electron chi connectivity index (χ1n) is 8.08. The third kappa shape index (κ3) is 3.29. The summed E-state index contributed by atoms with van der Waals surface area (Å²) in [7, 11) is 1.54. The summed E-state index contributed by atoms with van der Waals surface area (Å²) >= 11 is 0. The Morgan fingerprint density at radius 3 is 2.40 bits per heavy atom. The summed E-state index contributed by atoms with van der Waals surface area (Å²) in [6, 6.07) is 5.51. The molecule has 0 spiro atoms. The molecule has 1 aliphatic heterocycles.